The standard InChI is InChI=1S/C15H27N3/c1-4-8-16-14(13-7-6-12(3)11-13)15-17-9-10-18(15)5-2/h9-10,12-14,16H,4-8,11H2,1-3H3. The van der Waals surface area contributed by atoms with Crippen molar-refractivity contribution in [3.63, 3.8) is 0 Å². The first-order chi connectivity index (χ1) is 8.76. The zero-order valence-electron chi connectivity index (χ0n) is 12.0. The smallest absolute Gasteiger partial charge is 0.126 e. The van der Waals surface area contributed by atoms with Crippen molar-refractivity contribution in [3.05, 3.63) is 18.2 Å². The Balaban J connectivity index is 2.14. The van der Waals surface area contributed by atoms with Crippen LogP contribution in [0.3, 0.4) is 0 Å². The van der Waals surface area contributed by atoms with Gasteiger partial charge in [-0.1, -0.05) is 20.3 Å². The molecule has 1 aromatic heterocycles. The van der Waals surface area contributed by atoms with Crippen LogP contribution in [-0.2, 0) is 6.54 Å². The highest BCUT2D eigenvalue weighted by atomic mass is 15.1. The van der Waals surface area contributed by atoms with Gasteiger partial charge in [0.15, 0.2) is 0 Å². The second kappa shape index (κ2) is 6.37. The van der Waals surface area contributed by atoms with Gasteiger partial charge in [0.2, 0.25) is 0 Å². The second-order valence-corrected chi connectivity index (χ2v) is 5.68. The van der Waals surface area contributed by atoms with Crippen LogP contribution in [-0.4, -0.2) is 16.1 Å². The average Bonchev–Trinajstić information content (AvgIpc) is 2.99. The van der Waals surface area contributed by atoms with Crippen LogP contribution >= 0.6 is 0 Å². The Morgan fingerprint density at radius 2 is 2.28 bits per heavy atom. The molecule has 0 bridgehead atoms. The molecule has 2 rings (SSSR count). The molecule has 1 N–H and O–H groups in total. The van der Waals surface area contributed by atoms with Gasteiger partial charge in [0, 0.05) is 18.9 Å². The maximum Gasteiger partial charge on any atom is 0.126 e. The lowest BCUT2D eigenvalue weighted by Crippen LogP contribution is -2.30. The molecule has 1 aromatic rings. The maximum absolute atomic E-state index is 4.61. The fourth-order valence-electron chi connectivity index (χ4n) is 3.19. The fourth-order valence-corrected chi connectivity index (χ4v) is 3.19. The predicted molar refractivity (Wildman–Crippen MR) is 75.4 cm³/mol. The van der Waals surface area contributed by atoms with E-state index in [9.17, 15) is 0 Å². The normalized spacial score (nSPS) is 25.5. The third kappa shape index (κ3) is 2.94. The summed E-state index contributed by atoms with van der Waals surface area (Å²) in [6.07, 6.45) is 9.30. The van der Waals surface area contributed by atoms with Gasteiger partial charge in [0.1, 0.15) is 5.82 Å². The number of imidazole rings is 1. The molecule has 0 radical (unpaired) electrons. The van der Waals surface area contributed by atoms with E-state index in [0.717, 1.165) is 24.9 Å². The Morgan fingerprint density at radius 1 is 1.44 bits per heavy atom. The van der Waals surface area contributed by atoms with E-state index >= 15 is 0 Å². The van der Waals surface area contributed by atoms with E-state index in [1.807, 2.05) is 6.20 Å². The minimum absolute atomic E-state index is 0.449. The van der Waals surface area contributed by atoms with Crippen molar-refractivity contribution >= 4 is 0 Å². The van der Waals surface area contributed by atoms with E-state index in [1.54, 1.807) is 0 Å². The van der Waals surface area contributed by atoms with Crippen molar-refractivity contribution in [3.8, 4) is 0 Å². The molecule has 18 heavy (non-hydrogen) atoms. The number of aromatic nitrogens is 2. The van der Waals surface area contributed by atoms with Gasteiger partial charge in [-0.25, -0.2) is 4.98 Å². The predicted octanol–water partition coefficient (Wildman–Crippen LogP) is 3.38. The summed E-state index contributed by atoms with van der Waals surface area (Å²) in [6, 6.07) is 0.449. The van der Waals surface area contributed by atoms with Crippen LogP contribution < -0.4 is 5.32 Å². The molecule has 1 saturated carbocycles. The topological polar surface area (TPSA) is 29.9 Å². The van der Waals surface area contributed by atoms with Crippen LogP contribution in [0.5, 0.6) is 0 Å². The first-order valence-corrected chi connectivity index (χ1v) is 7.50. The van der Waals surface area contributed by atoms with E-state index in [0.29, 0.717) is 6.04 Å². The number of aryl methyl sites for hydroxylation is 1. The number of rotatable bonds is 6. The van der Waals surface area contributed by atoms with Crippen LogP contribution in [0.15, 0.2) is 12.4 Å². The maximum atomic E-state index is 4.61. The molecular formula is C15H27N3. The Kier molecular flexibility index (Phi) is 4.81. The Morgan fingerprint density at radius 3 is 2.89 bits per heavy atom. The zero-order valence-corrected chi connectivity index (χ0v) is 12.0. The summed E-state index contributed by atoms with van der Waals surface area (Å²) in [5.74, 6) is 2.88. The van der Waals surface area contributed by atoms with Crippen molar-refractivity contribution < 1.29 is 0 Å². The molecule has 3 atom stereocenters. The second-order valence-electron chi connectivity index (χ2n) is 5.68. The summed E-state index contributed by atoms with van der Waals surface area (Å²) in [7, 11) is 0. The average molecular weight is 249 g/mol. The summed E-state index contributed by atoms with van der Waals surface area (Å²) in [5, 5.41) is 3.73. The first-order valence-electron chi connectivity index (χ1n) is 7.50. The SMILES string of the molecule is CCCNC(c1nccn1CC)C1CCC(C)C1. The molecule has 1 fully saturated rings. The Labute approximate surface area is 111 Å². The number of nitrogens with one attached hydrogen (secondary N) is 1. The lowest BCUT2D eigenvalue weighted by molar-refractivity contribution is 0.337. The molecule has 0 saturated heterocycles. The van der Waals surface area contributed by atoms with Gasteiger partial charge in [0.05, 0.1) is 6.04 Å². The molecule has 0 amide bonds. The lowest BCUT2D eigenvalue weighted by atomic mass is 9.96. The lowest BCUT2D eigenvalue weighted by Gasteiger charge is -2.25. The van der Waals surface area contributed by atoms with Crippen molar-refractivity contribution in [1.82, 2.24) is 14.9 Å². The van der Waals surface area contributed by atoms with E-state index in [1.165, 1.54) is 31.5 Å². The molecule has 0 aromatic carbocycles. The molecule has 0 aliphatic heterocycles. The molecule has 3 heteroatoms. The number of hydrogen-bond donors (Lipinski definition) is 1. The zero-order chi connectivity index (χ0) is 13.0. The summed E-state index contributed by atoms with van der Waals surface area (Å²) in [4.78, 5) is 4.61. The highest BCUT2D eigenvalue weighted by Crippen LogP contribution is 2.38. The molecule has 0 spiro atoms. The van der Waals surface area contributed by atoms with Crippen molar-refractivity contribution in [2.24, 2.45) is 11.8 Å². The molecule has 3 nitrogen and oxygen atoms in total. The largest absolute Gasteiger partial charge is 0.334 e. The highest BCUT2D eigenvalue weighted by molar-refractivity contribution is 5.03. The van der Waals surface area contributed by atoms with E-state index in [4.69, 9.17) is 0 Å². The van der Waals surface area contributed by atoms with Gasteiger partial charge in [-0.3, -0.25) is 0 Å². The summed E-state index contributed by atoms with van der Waals surface area (Å²) in [6.45, 7) is 8.91. The van der Waals surface area contributed by atoms with Crippen molar-refractivity contribution in [2.45, 2.75) is 59.0 Å². The number of nitrogens with zero attached hydrogens (tertiary/aromatic N) is 2. The number of hydrogen-bond acceptors (Lipinski definition) is 2. The van der Waals surface area contributed by atoms with E-state index in [2.05, 4.69) is 41.8 Å². The Bertz CT molecular complexity index is 358. The molecule has 1 heterocycles. The summed E-state index contributed by atoms with van der Waals surface area (Å²) in [5.41, 5.74) is 0. The molecule has 1 aliphatic carbocycles. The van der Waals surface area contributed by atoms with Gasteiger partial charge in [-0.05, 0) is 44.6 Å². The van der Waals surface area contributed by atoms with E-state index in [-0.39, 0.29) is 0 Å². The quantitative estimate of drug-likeness (QED) is 0.837. The third-order valence-corrected chi connectivity index (χ3v) is 4.19. The minimum Gasteiger partial charge on any atom is -0.334 e. The van der Waals surface area contributed by atoms with Crippen molar-refractivity contribution in [2.75, 3.05) is 6.54 Å². The van der Waals surface area contributed by atoms with Crippen LogP contribution in [0, 0.1) is 11.8 Å². The minimum atomic E-state index is 0.449. The van der Waals surface area contributed by atoms with Crippen LogP contribution in [0.25, 0.3) is 0 Å². The highest BCUT2D eigenvalue weighted by Gasteiger charge is 2.31. The first kappa shape index (κ1) is 13.6. The van der Waals surface area contributed by atoms with Gasteiger partial charge in [-0.2, -0.15) is 0 Å². The van der Waals surface area contributed by atoms with Gasteiger partial charge >= 0.3 is 0 Å². The van der Waals surface area contributed by atoms with E-state index < -0.39 is 0 Å². The van der Waals surface area contributed by atoms with Crippen molar-refractivity contribution in [1.29, 1.82) is 0 Å². The summed E-state index contributed by atoms with van der Waals surface area (Å²) < 4.78 is 2.29. The molecule has 1 aliphatic rings. The van der Waals surface area contributed by atoms with Gasteiger partial charge in [0.25, 0.3) is 0 Å². The molecule has 102 valence electrons. The Hall–Kier alpha value is -0.830. The van der Waals surface area contributed by atoms with Crippen LogP contribution in [0.2, 0.25) is 0 Å². The molecule has 3 unspecified atom stereocenters. The van der Waals surface area contributed by atoms with Gasteiger partial charge in [-0.15, -0.1) is 0 Å². The van der Waals surface area contributed by atoms with Gasteiger partial charge < -0.3 is 9.88 Å². The third-order valence-electron chi connectivity index (χ3n) is 4.19. The summed E-state index contributed by atoms with van der Waals surface area (Å²) >= 11 is 0. The van der Waals surface area contributed by atoms with Crippen LogP contribution in [0.4, 0.5) is 0 Å². The van der Waals surface area contributed by atoms with Crippen LogP contribution in [0.1, 0.15) is 58.3 Å². The monoisotopic (exact) mass is 249 g/mol. The molecular weight excluding hydrogens is 222 g/mol. The fraction of sp³-hybridized carbons (Fsp3) is 0.800.